The summed E-state index contributed by atoms with van der Waals surface area (Å²) >= 11 is 0. The van der Waals surface area contributed by atoms with Crippen LogP contribution in [0.4, 0.5) is 11.4 Å². The lowest BCUT2D eigenvalue weighted by atomic mass is 10.0. The van der Waals surface area contributed by atoms with E-state index in [9.17, 15) is 0 Å². The molecule has 2 aromatic carbocycles. The van der Waals surface area contributed by atoms with Crippen molar-refractivity contribution in [1.82, 2.24) is 0 Å². The molecule has 1 saturated heterocycles. The lowest BCUT2D eigenvalue weighted by Gasteiger charge is -2.27. The van der Waals surface area contributed by atoms with Crippen molar-refractivity contribution in [2.24, 2.45) is 0 Å². The van der Waals surface area contributed by atoms with Crippen molar-refractivity contribution in [3.8, 4) is 0 Å². The van der Waals surface area contributed by atoms with E-state index in [0.29, 0.717) is 0 Å². The summed E-state index contributed by atoms with van der Waals surface area (Å²) in [6.45, 7) is 2.78. The molecule has 0 spiro atoms. The molecule has 1 unspecified atom stereocenters. The normalized spacial score (nSPS) is 19.0. The van der Waals surface area contributed by atoms with Crippen molar-refractivity contribution in [1.29, 1.82) is 0 Å². The third kappa shape index (κ3) is 4.95. The van der Waals surface area contributed by atoms with Crippen LogP contribution in [-0.4, -0.2) is 26.0 Å². The fourth-order valence-electron chi connectivity index (χ4n) is 4.39. The van der Waals surface area contributed by atoms with Gasteiger partial charge in [0.25, 0.3) is 0 Å². The maximum absolute atomic E-state index is 5.86. The van der Waals surface area contributed by atoms with Gasteiger partial charge in [0.1, 0.15) is 0 Å². The minimum absolute atomic E-state index is 0.0545. The maximum Gasteiger partial charge on any atom is 0.157 e. The molecule has 2 aromatic rings. The van der Waals surface area contributed by atoms with E-state index in [2.05, 4.69) is 53.4 Å². The lowest BCUT2D eigenvalue weighted by Crippen LogP contribution is -2.22. The molecule has 3 nitrogen and oxygen atoms in total. The number of rotatable bonds is 8. The number of ether oxygens (including phenoxy) is 2. The Morgan fingerprint density at radius 3 is 2.18 bits per heavy atom. The highest BCUT2D eigenvalue weighted by atomic mass is 16.7. The fourth-order valence-corrected chi connectivity index (χ4v) is 4.39. The molecule has 2 aliphatic heterocycles. The molecule has 0 amide bonds. The molecule has 150 valence electrons. The summed E-state index contributed by atoms with van der Waals surface area (Å²) in [6.07, 6.45) is 10.6. The zero-order valence-corrected chi connectivity index (χ0v) is 16.9. The van der Waals surface area contributed by atoms with Gasteiger partial charge in [0.15, 0.2) is 6.29 Å². The van der Waals surface area contributed by atoms with Gasteiger partial charge in [0.05, 0.1) is 0 Å². The van der Waals surface area contributed by atoms with Crippen LogP contribution in [0.3, 0.4) is 0 Å². The minimum Gasteiger partial charge on any atom is -0.353 e. The summed E-state index contributed by atoms with van der Waals surface area (Å²) in [4.78, 5) is 2.55. The Kier molecular flexibility index (Phi) is 7.01. The van der Waals surface area contributed by atoms with E-state index in [1.54, 1.807) is 0 Å². The standard InChI is InChI=1S/C25H33NO2/c1(2-9-19-27-25-15-7-10-20-28-25)8-18-26-23-13-5-3-11-21(23)16-17-22-12-4-6-14-24(22)26/h3-6,11-14,25H,1-2,7-10,15-20H2. The zero-order chi connectivity index (χ0) is 19.0. The van der Waals surface area contributed by atoms with Crippen molar-refractivity contribution in [2.45, 2.75) is 64.1 Å². The van der Waals surface area contributed by atoms with Crippen LogP contribution in [0.25, 0.3) is 0 Å². The van der Waals surface area contributed by atoms with E-state index >= 15 is 0 Å². The Hall–Kier alpha value is -1.84. The van der Waals surface area contributed by atoms with Crippen molar-refractivity contribution < 1.29 is 9.47 Å². The molecule has 1 atom stereocenters. The SMILES string of the molecule is c1ccc2c(c1)CCc1ccccc1N2CCCCCCOC1CCCCO1. The largest absolute Gasteiger partial charge is 0.353 e. The number of nitrogens with zero attached hydrogens (tertiary/aromatic N) is 1. The maximum atomic E-state index is 5.86. The zero-order valence-electron chi connectivity index (χ0n) is 16.9. The summed E-state index contributed by atoms with van der Waals surface area (Å²) in [5, 5.41) is 0. The highest BCUT2D eigenvalue weighted by molar-refractivity contribution is 5.71. The van der Waals surface area contributed by atoms with Gasteiger partial charge in [-0.3, -0.25) is 0 Å². The van der Waals surface area contributed by atoms with Crippen LogP contribution in [0, 0.1) is 0 Å². The van der Waals surface area contributed by atoms with Crippen LogP contribution in [-0.2, 0) is 22.3 Å². The van der Waals surface area contributed by atoms with Gasteiger partial charge >= 0.3 is 0 Å². The van der Waals surface area contributed by atoms with E-state index in [4.69, 9.17) is 9.47 Å². The molecule has 0 radical (unpaired) electrons. The Balaban J connectivity index is 1.27. The highest BCUT2D eigenvalue weighted by Gasteiger charge is 2.19. The first-order valence-electron chi connectivity index (χ1n) is 11.1. The van der Waals surface area contributed by atoms with Gasteiger partial charge in [-0.05, 0) is 68.2 Å². The molecule has 2 heterocycles. The Morgan fingerprint density at radius 1 is 0.821 bits per heavy atom. The number of aryl methyl sites for hydroxylation is 2. The Labute approximate surface area is 169 Å². The predicted molar refractivity (Wildman–Crippen MR) is 115 cm³/mol. The second-order valence-electron chi connectivity index (χ2n) is 7.99. The van der Waals surface area contributed by atoms with Gasteiger partial charge < -0.3 is 14.4 Å². The number of unbranched alkanes of at least 4 members (excludes halogenated alkanes) is 3. The third-order valence-electron chi connectivity index (χ3n) is 5.95. The van der Waals surface area contributed by atoms with Gasteiger partial charge in [0, 0.05) is 31.1 Å². The van der Waals surface area contributed by atoms with Crippen LogP contribution in [0.15, 0.2) is 48.5 Å². The summed E-state index contributed by atoms with van der Waals surface area (Å²) in [5.74, 6) is 0. The van der Waals surface area contributed by atoms with Gasteiger partial charge in [-0.1, -0.05) is 49.2 Å². The fraction of sp³-hybridized carbons (Fsp3) is 0.520. The molecule has 28 heavy (non-hydrogen) atoms. The summed E-state index contributed by atoms with van der Waals surface area (Å²) in [6, 6.07) is 17.8. The topological polar surface area (TPSA) is 21.7 Å². The summed E-state index contributed by atoms with van der Waals surface area (Å²) in [7, 11) is 0. The molecule has 1 fully saturated rings. The molecular weight excluding hydrogens is 346 g/mol. The van der Waals surface area contributed by atoms with Gasteiger partial charge in [-0.15, -0.1) is 0 Å². The number of benzene rings is 2. The average Bonchev–Trinajstić information content (AvgIpc) is 2.91. The summed E-state index contributed by atoms with van der Waals surface area (Å²) in [5.41, 5.74) is 5.73. The third-order valence-corrected chi connectivity index (χ3v) is 5.95. The highest BCUT2D eigenvalue weighted by Crippen LogP contribution is 2.36. The van der Waals surface area contributed by atoms with Crippen LogP contribution in [0.5, 0.6) is 0 Å². The quantitative estimate of drug-likeness (QED) is 0.523. The van der Waals surface area contributed by atoms with Gasteiger partial charge in [-0.2, -0.15) is 0 Å². The molecular formula is C25H33NO2. The Morgan fingerprint density at radius 2 is 1.50 bits per heavy atom. The second-order valence-corrected chi connectivity index (χ2v) is 7.99. The smallest absolute Gasteiger partial charge is 0.157 e. The van der Waals surface area contributed by atoms with Gasteiger partial charge in [0.2, 0.25) is 0 Å². The number of hydrogen-bond acceptors (Lipinski definition) is 3. The molecule has 0 saturated carbocycles. The van der Waals surface area contributed by atoms with Crippen molar-refractivity contribution in [3.63, 3.8) is 0 Å². The predicted octanol–water partition coefficient (Wildman–Crippen LogP) is 6.03. The van der Waals surface area contributed by atoms with Crippen LogP contribution in [0.2, 0.25) is 0 Å². The second kappa shape index (κ2) is 10.1. The molecule has 0 aromatic heterocycles. The number of para-hydroxylation sites is 2. The van der Waals surface area contributed by atoms with E-state index in [0.717, 1.165) is 45.4 Å². The van der Waals surface area contributed by atoms with E-state index in [1.807, 2.05) is 0 Å². The van der Waals surface area contributed by atoms with Crippen molar-refractivity contribution >= 4 is 11.4 Å². The molecule has 3 heteroatoms. The monoisotopic (exact) mass is 379 g/mol. The molecule has 0 N–H and O–H groups in total. The van der Waals surface area contributed by atoms with E-state index in [-0.39, 0.29) is 6.29 Å². The van der Waals surface area contributed by atoms with Crippen molar-refractivity contribution in [3.05, 3.63) is 59.7 Å². The first-order valence-corrected chi connectivity index (χ1v) is 11.1. The molecule has 0 bridgehead atoms. The number of fused-ring (bicyclic) bond motifs is 2. The average molecular weight is 380 g/mol. The number of hydrogen-bond donors (Lipinski definition) is 0. The van der Waals surface area contributed by atoms with E-state index < -0.39 is 0 Å². The molecule has 2 aliphatic rings. The van der Waals surface area contributed by atoms with E-state index in [1.165, 1.54) is 54.6 Å². The van der Waals surface area contributed by atoms with Crippen LogP contribution < -0.4 is 4.90 Å². The minimum atomic E-state index is 0.0545. The van der Waals surface area contributed by atoms with Crippen molar-refractivity contribution in [2.75, 3.05) is 24.7 Å². The number of anilines is 2. The summed E-state index contributed by atoms with van der Waals surface area (Å²) < 4.78 is 11.5. The first kappa shape index (κ1) is 19.5. The molecule has 4 rings (SSSR count). The van der Waals surface area contributed by atoms with Gasteiger partial charge in [-0.25, -0.2) is 0 Å². The lowest BCUT2D eigenvalue weighted by molar-refractivity contribution is -0.162. The first-order chi connectivity index (χ1) is 13.9. The Bertz CT molecular complexity index is 691. The van der Waals surface area contributed by atoms with Crippen LogP contribution in [0.1, 0.15) is 56.1 Å². The molecule has 0 aliphatic carbocycles. The van der Waals surface area contributed by atoms with Crippen LogP contribution >= 0.6 is 0 Å².